The molecule has 0 radical (unpaired) electrons. The number of carboxylic acid groups (broad SMARTS) is 1. The number of anilines is 1. The average molecular weight is 316 g/mol. The minimum atomic E-state index is -3.95. The number of aromatic carboxylic acids is 1. The van der Waals surface area contributed by atoms with Gasteiger partial charge in [0.1, 0.15) is 0 Å². The van der Waals surface area contributed by atoms with Crippen molar-refractivity contribution >= 4 is 21.7 Å². The fourth-order valence-electron chi connectivity index (χ4n) is 1.91. The number of primary sulfonamides is 1. The van der Waals surface area contributed by atoms with Crippen molar-refractivity contribution in [1.82, 2.24) is 0 Å². The van der Waals surface area contributed by atoms with Crippen LogP contribution >= 0.6 is 0 Å². The number of carbonyl (C=O) groups is 1. The Balaban J connectivity index is 2.16. The number of hydrogen-bond acceptors (Lipinski definition) is 6. The molecule has 1 aliphatic heterocycles. The third-order valence-electron chi connectivity index (χ3n) is 2.96. The molecule has 0 aromatic heterocycles. The molecule has 4 N–H and O–H groups in total. The molecule has 0 saturated carbocycles. The van der Waals surface area contributed by atoms with E-state index in [4.69, 9.17) is 19.7 Å². The Hall–Kier alpha value is -1.68. The smallest absolute Gasteiger partial charge is 0.337 e. The Morgan fingerprint density at radius 3 is 2.76 bits per heavy atom. The molecule has 8 nitrogen and oxygen atoms in total. The van der Waals surface area contributed by atoms with E-state index in [2.05, 4.69) is 5.32 Å². The summed E-state index contributed by atoms with van der Waals surface area (Å²) < 4.78 is 33.2. The number of benzene rings is 1. The average Bonchev–Trinajstić information content (AvgIpc) is 2.45. The van der Waals surface area contributed by atoms with Crippen molar-refractivity contribution in [3.63, 3.8) is 0 Å². The quantitative estimate of drug-likeness (QED) is 0.689. The third-order valence-corrected chi connectivity index (χ3v) is 3.87. The van der Waals surface area contributed by atoms with Crippen LogP contribution in [0.15, 0.2) is 23.1 Å². The largest absolute Gasteiger partial charge is 0.478 e. The summed E-state index contributed by atoms with van der Waals surface area (Å²) in [6, 6.07) is 3.65. The molecule has 1 atom stereocenters. The first-order valence-electron chi connectivity index (χ1n) is 6.21. The van der Waals surface area contributed by atoms with Gasteiger partial charge in [0.15, 0.2) is 0 Å². The number of ether oxygens (including phenoxy) is 2. The van der Waals surface area contributed by atoms with Crippen LogP contribution in [0.4, 0.5) is 5.69 Å². The van der Waals surface area contributed by atoms with Gasteiger partial charge in [0.05, 0.1) is 36.4 Å². The maximum absolute atomic E-state index is 11.3. The van der Waals surface area contributed by atoms with E-state index in [1.807, 2.05) is 0 Å². The molecule has 0 bridgehead atoms. The van der Waals surface area contributed by atoms with Crippen LogP contribution < -0.4 is 10.5 Å². The molecule has 0 spiro atoms. The maximum atomic E-state index is 11.3. The fourth-order valence-corrected chi connectivity index (χ4v) is 2.45. The van der Waals surface area contributed by atoms with Crippen LogP contribution in [0.25, 0.3) is 0 Å². The summed E-state index contributed by atoms with van der Waals surface area (Å²) in [5, 5.41) is 17.1. The van der Waals surface area contributed by atoms with E-state index in [1.165, 1.54) is 12.1 Å². The molecule has 1 aromatic carbocycles. The monoisotopic (exact) mass is 316 g/mol. The van der Waals surface area contributed by atoms with Crippen LogP contribution in [0, 0.1) is 0 Å². The molecule has 1 unspecified atom stereocenters. The van der Waals surface area contributed by atoms with Gasteiger partial charge in [-0.2, -0.15) is 0 Å². The predicted octanol–water partition coefficient (Wildman–Crippen LogP) is -0.140. The lowest BCUT2D eigenvalue weighted by Crippen LogP contribution is -2.34. The van der Waals surface area contributed by atoms with E-state index < -0.39 is 16.0 Å². The van der Waals surface area contributed by atoms with E-state index in [0.29, 0.717) is 32.1 Å². The van der Waals surface area contributed by atoms with Gasteiger partial charge >= 0.3 is 5.97 Å². The normalized spacial score (nSPS) is 19.2. The van der Waals surface area contributed by atoms with Crippen LogP contribution in [-0.2, 0) is 19.5 Å². The number of hydrogen-bond donors (Lipinski definition) is 3. The summed E-state index contributed by atoms with van der Waals surface area (Å²) in [5.41, 5.74) is 0.127. The number of rotatable bonds is 5. The molecule has 2 rings (SSSR count). The van der Waals surface area contributed by atoms with Crippen LogP contribution in [0.5, 0.6) is 0 Å². The molecular weight excluding hydrogens is 300 g/mol. The minimum Gasteiger partial charge on any atom is -0.478 e. The second kappa shape index (κ2) is 6.39. The molecule has 0 aliphatic carbocycles. The Labute approximate surface area is 121 Å². The molecule has 116 valence electrons. The zero-order valence-electron chi connectivity index (χ0n) is 11.1. The van der Waals surface area contributed by atoms with Gasteiger partial charge in [-0.05, 0) is 18.2 Å². The summed E-state index contributed by atoms with van der Waals surface area (Å²) in [4.78, 5) is 11.0. The van der Waals surface area contributed by atoms with Crippen molar-refractivity contribution in [1.29, 1.82) is 0 Å². The van der Waals surface area contributed by atoms with Crippen LogP contribution in [0.3, 0.4) is 0 Å². The first-order chi connectivity index (χ1) is 9.88. The van der Waals surface area contributed by atoms with E-state index >= 15 is 0 Å². The zero-order valence-corrected chi connectivity index (χ0v) is 11.9. The lowest BCUT2D eigenvalue weighted by molar-refractivity contribution is -0.0818. The molecule has 1 fully saturated rings. The highest BCUT2D eigenvalue weighted by molar-refractivity contribution is 7.89. The van der Waals surface area contributed by atoms with Crippen molar-refractivity contribution in [3.05, 3.63) is 23.8 Å². The van der Waals surface area contributed by atoms with Gasteiger partial charge in [0.25, 0.3) is 0 Å². The fraction of sp³-hybridized carbons (Fsp3) is 0.417. The summed E-state index contributed by atoms with van der Waals surface area (Å²) in [6.07, 6.45) is -0.182. The van der Waals surface area contributed by atoms with Gasteiger partial charge in [-0.3, -0.25) is 0 Å². The summed E-state index contributed by atoms with van der Waals surface area (Å²) >= 11 is 0. The van der Waals surface area contributed by atoms with Crippen molar-refractivity contribution < 1.29 is 27.8 Å². The molecule has 1 aromatic rings. The summed E-state index contributed by atoms with van der Waals surface area (Å²) in [7, 11) is -3.95. The third kappa shape index (κ3) is 4.14. The van der Waals surface area contributed by atoms with Crippen molar-refractivity contribution in [2.75, 3.05) is 31.7 Å². The number of carboxylic acids is 1. The molecule has 1 aliphatic rings. The summed E-state index contributed by atoms with van der Waals surface area (Å²) in [6.45, 7) is 1.81. The molecule has 9 heteroatoms. The van der Waals surface area contributed by atoms with Crippen LogP contribution in [0.2, 0.25) is 0 Å². The van der Waals surface area contributed by atoms with Gasteiger partial charge in [0.2, 0.25) is 10.0 Å². The van der Waals surface area contributed by atoms with Gasteiger partial charge in [-0.15, -0.1) is 0 Å². The van der Waals surface area contributed by atoms with E-state index in [0.717, 1.165) is 6.07 Å². The van der Waals surface area contributed by atoms with Crippen LogP contribution in [0.1, 0.15) is 10.4 Å². The number of sulfonamides is 1. The molecule has 1 saturated heterocycles. The highest BCUT2D eigenvalue weighted by Gasteiger charge is 2.18. The van der Waals surface area contributed by atoms with Crippen molar-refractivity contribution in [2.45, 2.75) is 11.0 Å². The first kappa shape index (κ1) is 15.7. The maximum Gasteiger partial charge on any atom is 0.337 e. The Bertz CT molecular complexity index is 625. The first-order valence-corrected chi connectivity index (χ1v) is 7.76. The molecular formula is C12H16N2O6S. The van der Waals surface area contributed by atoms with Crippen molar-refractivity contribution in [3.8, 4) is 0 Å². The molecule has 1 heterocycles. The Morgan fingerprint density at radius 1 is 1.43 bits per heavy atom. The molecule has 0 amide bonds. The van der Waals surface area contributed by atoms with Crippen molar-refractivity contribution in [2.24, 2.45) is 5.14 Å². The highest BCUT2D eigenvalue weighted by atomic mass is 32.2. The van der Waals surface area contributed by atoms with E-state index in [9.17, 15) is 13.2 Å². The number of nitrogens with one attached hydrogen (secondary N) is 1. The Morgan fingerprint density at radius 2 is 2.19 bits per heavy atom. The SMILES string of the molecule is NS(=O)(=O)c1ccc(NCC2COCCO2)c(C(=O)O)c1. The second-order valence-electron chi connectivity index (χ2n) is 4.51. The zero-order chi connectivity index (χ0) is 15.5. The van der Waals surface area contributed by atoms with Gasteiger partial charge < -0.3 is 19.9 Å². The van der Waals surface area contributed by atoms with Gasteiger partial charge in [-0.1, -0.05) is 0 Å². The van der Waals surface area contributed by atoms with E-state index in [-0.39, 0.29) is 16.6 Å². The minimum absolute atomic E-state index is 0.168. The lowest BCUT2D eigenvalue weighted by Gasteiger charge is -2.23. The number of nitrogens with two attached hydrogens (primary N) is 1. The van der Waals surface area contributed by atoms with Gasteiger partial charge in [-0.25, -0.2) is 18.4 Å². The standard InChI is InChI=1S/C12H16N2O6S/c13-21(17,18)9-1-2-11(10(5-9)12(15)16)14-6-8-7-19-3-4-20-8/h1-2,5,8,14H,3-4,6-7H2,(H,15,16)(H2,13,17,18). The van der Waals surface area contributed by atoms with Gasteiger partial charge in [0, 0.05) is 12.2 Å². The Kier molecular flexibility index (Phi) is 4.78. The summed E-state index contributed by atoms with van der Waals surface area (Å²) in [5.74, 6) is -1.25. The van der Waals surface area contributed by atoms with E-state index in [1.54, 1.807) is 0 Å². The second-order valence-corrected chi connectivity index (χ2v) is 6.07. The molecule has 21 heavy (non-hydrogen) atoms. The van der Waals surface area contributed by atoms with Crippen LogP contribution in [-0.4, -0.2) is 52.0 Å². The predicted molar refractivity (Wildman–Crippen MR) is 73.8 cm³/mol. The topological polar surface area (TPSA) is 128 Å². The highest BCUT2D eigenvalue weighted by Crippen LogP contribution is 2.20. The lowest BCUT2D eigenvalue weighted by atomic mass is 10.1.